The fraction of sp³-hybridized carbons (Fsp3) is 0.310. The number of nitrogens with one attached hydrogen (secondary N) is 1. The number of aryl methyl sites for hydroxylation is 1. The van der Waals surface area contributed by atoms with Crippen LogP contribution in [0.25, 0.3) is 11.3 Å². The largest absolute Gasteiger partial charge is 0.486 e. The van der Waals surface area contributed by atoms with Gasteiger partial charge < -0.3 is 20.7 Å². The SMILES string of the molecule is C=CC(=O)N(C)CCOc1c(N)ncnc1-c1cc(F)cc(NC(=O)c2cc3c(cc2F)C(C)(C)CC3)c1C. The first-order chi connectivity index (χ1) is 18.4. The van der Waals surface area contributed by atoms with Crippen LogP contribution < -0.4 is 15.8 Å². The van der Waals surface area contributed by atoms with Crippen molar-refractivity contribution in [1.29, 1.82) is 0 Å². The van der Waals surface area contributed by atoms with Gasteiger partial charge in [-0.05, 0) is 72.2 Å². The van der Waals surface area contributed by atoms with Crippen LogP contribution in [0.15, 0.2) is 43.2 Å². The summed E-state index contributed by atoms with van der Waals surface area (Å²) in [5.41, 5.74) is 8.74. The maximum Gasteiger partial charge on any atom is 0.258 e. The maximum atomic E-state index is 15.0. The van der Waals surface area contributed by atoms with E-state index in [4.69, 9.17) is 10.5 Å². The molecule has 0 fully saturated rings. The molecule has 0 radical (unpaired) electrons. The van der Waals surface area contributed by atoms with E-state index in [0.29, 0.717) is 11.1 Å². The Bertz CT molecular complexity index is 1470. The molecule has 1 aromatic heterocycles. The molecule has 39 heavy (non-hydrogen) atoms. The highest BCUT2D eigenvalue weighted by molar-refractivity contribution is 6.05. The molecule has 0 atom stereocenters. The van der Waals surface area contributed by atoms with E-state index >= 15 is 0 Å². The number of rotatable bonds is 8. The Morgan fingerprint density at radius 2 is 1.97 bits per heavy atom. The van der Waals surface area contributed by atoms with Crippen molar-refractivity contribution >= 4 is 23.3 Å². The van der Waals surface area contributed by atoms with Gasteiger partial charge in [0.25, 0.3) is 5.91 Å². The lowest BCUT2D eigenvalue weighted by Gasteiger charge is -2.20. The van der Waals surface area contributed by atoms with E-state index in [1.165, 1.54) is 29.4 Å². The first-order valence-electron chi connectivity index (χ1n) is 12.5. The number of nitrogens with two attached hydrogens (primary N) is 1. The van der Waals surface area contributed by atoms with Crippen molar-refractivity contribution in [3.8, 4) is 17.0 Å². The Hall–Kier alpha value is -4.34. The molecular weight excluding hydrogens is 504 g/mol. The third kappa shape index (κ3) is 5.59. The summed E-state index contributed by atoms with van der Waals surface area (Å²) in [7, 11) is 1.59. The molecule has 1 heterocycles. The number of fused-ring (bicyclic) bond motifs is 1. The van der Waals surface area contributed by atoms with Crippen LogP contribution in [-0.2, 0) is 16.6 Å². The number of likely N-dealkylation sites (N-methyl/N-ethyl adjacent to an activating group) is 1. The summed E-state index contributed by atoms with van der Waals surface area (Å²) in [5.74, 6) is -2.12. The van der Waals surface area contributed by atoms with Crippen molar-refractivity contribution in [2.75, 3.05) is 31.2 Å². The maximum absolute atomic E-state index is 15.0. The molecule has 3 aromatic rings. The van der Waals surface area contributed by atoms with Crippen LogP contribution in [-0.4, -0.2) is 46.9 Å². The Balaban J connectivity index is 1.64. The summed E-state index contributed by atoms with van der Waals surface area (Å²) in [4.78, 5) is 34.5. The van der Waals surface area contributed by atoms with Crippen molar-refractivity contribution < 1.29 is 23.1 Å². The lowest BCUT2D eigenvalue weighted by molar-refractivity contribution is -0.125. The van der Waals surface area contributed by atoms with Gasteiger partial charge in [-0.3, -0.25) is 9.59 Å². The van der Waals surface area contributed by atoms with Crippen molar-refractivity contribution in [3.05, 3.63) is 77.1 Å². The van der Waals surface area contributed by atoms with Gasteiger partial charge in [0, 0.05) is 18.3 Å². The number of carbonyl (C=O) groups is 2. The highest BCUT2D eigenvalue weighted by Crippen LogP contribution is 2.40. The van der Waals surface area contributed by atoms with E-state index in [0.717, 1.165) is 30.0 Å². The number of amides is 2. The van der Waals surface area contributed by atoms with Gasteiger partial charge in [0.15, 0.2) is 11.6 Å². The summed E-state index contributed by atoms with van der Waals surface area (Å²) in [5, 5.41) is 2.65. The Labute approximate surface area is 225 Å². The molecule has 4 rings (SSSR count). The summed E-state index contributed by atoms with van der Waals surface area (Å²) in [6.45, 7) is 9.51. The second-order valence-corrected chi connectivity index (χ2v) is 10.2. The molecule has 10 heteroatoms. The normalized spacial score (nSPS) is 13.5. The van der Waals surface area contributed by atoms with Crippen LogP contribution in [0.3, 0.4) is 0 Å². The number of anilines is 2. The molecule has 0 spiro atoms. The second-order valence-electron chi connectivity index (χ2n) is 10.2. The van der Waals surface area contributed by atoms with E-state index in [2.05, 4.69) is 21.9 Å². The van der Waals surface area contributed by atoms with Gasteiger partial charge in [-0.1, -0.05) is 20.4 Å². The van der Waals surface area contributed by atoms with Gasteiger partial charge in [0.05, 0.1) is 12.1 Å². The Morgan fingerprint density at radius 3 is 2.69 bits per heavy atom. The quantitative estimate of drug-likeness (QED) is 0.401. The molecule has 1 aliphatic rings. The number of nitrogens with zero attached hydrogens (tertiary/aromatic N) is 3. The summed E-state index contributed by atoms with van der Waals surface area (Å²) in [6.07, 6.45) is 4.02. The first-order valence-corrected chi connectivity index (χ1v) is 12.5. The number of hydrogen-bond acceptors (Lipinski definition) is 6. The molecule has 2 amide bonds. The van der Waals surface area contributed by atoms with Gasteiger partial charge in [-0.2, -0.15) is 0 Å². The van der Waals surface area contributed by atoms with Crippen LogP contribution in [0.5, 0.6) is 5.75 Å². The van der Waals surface area contributed by atoms with E-state index in [9.17, 15) is 18.4 Å². The summed E-state index contributed by atoms with van der Waals surface area (Å²) >= 11 is 0. The number of ether oxygens (including phenoxy) is 1. The molecule has 0 unspecified atom stereocenters. The number of benzene rings is 2. The lowest BCUT2D eigenvalue weighted by Crippen LogP contribution is -2.29. The second kappa shape index (κ2) is 10.8. The highest BCUT2D eigenvalue weighted by Gasteiger charge is 2.32. The van der Waals surface area contributed by atoms with Crippen LogP contribution >= 0.6 is 0 Å². The van der Waals surface area contributed by atoms with E-state index in [1.54, 1.807) is 20.0 Å². The first kappa shape index (κ1) is 27.7. The lowest BCUT2D eigenvalue weighted by atomic mass is 9.86. The van der Waals surface area contributed by atoms with E-state index in [-0.39, 0.29) is 53.0 Å². The fourth-order valence-corrected chi connectivity index (χ4v) is 4.73. The average Bonchev–Trinajstić information content (AvgIpc) is 3.18. The van der Waals surface area contributed by atoms with Crippen molar-refractivity contribution in [1.82, 2.24) is 14.9 Å². The molecule has 0 saturated heterocycles. The molecule has 0 aliphatic heterocycles. The molecular formula is C29H31F2N5O3. The molecule has 0 saturated carbocycles. The topological polar surface area (TPSA) is 110 Å². The third-order valence-corrected chi connectivity index (χ3v) is 7.12. The minimum atomic E-state index is -0.687. The van der Waals surface area contributed by atoms with E-state index in [1.807, 2.05) is 13.8 Å². The number of aromatic nitrogens is 2. The number of hydrogen-bond donors (Lipinski definition) is 2. The average molecular weight is 536 g/mol. The van der Waals surface area contributed by atoms with Crippen LogP contribution in [0.2, 0.25) is 0 Å². The van der Waals surface area contributed by atoms with Gasteiger partial charge >= 0.3 is 0 Å². The van der Waals surface area contributed by atoms with Crippen molar-refractivity contribution in [2.24, 2.45) is 0 Å². The van der Waals surface area contributed by atoms with Gasteiger partial charge in [-0.25, -0.2) is 18.7 Å². The van der Waals surface area contributed by atoms with Gasteiger partial charge in [-0.15, -0.1) is 0 Å². The minimum absolute atomic E-state index is 0.0232. The molecule has 0 bridgehead atoms. The number of nitrogen functional groups attached to an aromatic ring is 1. The summed E-state index contributed by atoms with van der Waals surface area (Å²) < 4.78 is 35.6. The predicted molar refractivity (Wildman–Crippen MR) is 146 cm³/mol. The smallest absolute Gasteiger partial charge is 0.258 e. The Morgan fingerprint density at radius 1 is 1.23 bits per heavy atom. The van der Waals surface area contributed by atoms with Gasteiger partial charge in [0.2, 0.25) is 5.91 Å². The molecule has 1 aliphatic carbocycles. The molecule has 8 nitrogen and oxygen atoms in total. The number of halogens is 2. The summed E-state index contributed by atoms with van der Waals surface area (Å²) in [6, 6.07) is 5.40. The van der Waals surface area contributed by atoms with Crippen LogP contribution in [0.4, 0.5) is 20.3 Å². The zero-order valence-corrected chi connectivity index (χ0v) is 22.4. The third-order valence-electron chi connectivity index (χ3n) is 7.12. The van der Waals surface area contributed by atoms with Crippen molar-refractivity contribution in [2.45, 2.75) is 39.0 Å². The zero-order chi connectivity index (χ0) is 28.5. The monoisotopic (exact) mass is 535 g/mol. The standard InChI is InChI=1S/C29H31F2N5O3/c1-6-24(37)36(5)9-10-39-26-25(33-15-34-27(26)32)19-12-18(30)13-23(16(19)2)35-28(38)20-11-17-7-8-29(3,4)21(17)14-22(20)31/h6,11-15H,1,7-10H2,2-5H3,(H,35,38)(H2,32,33,34). The number of carbonyl (C=O) groups excluding carboxylic acids is 2. The Kier molecular flexibility index (Phi) is 7.67. The van der Waals surface area contributed by atoms with Crippen molar-refractivity contribution in [3.63, 3.8) is 0 Å². The van der Waals surface area contributed by atoms with E-state index < -0.39 is 17.5 Å². The molecule has 3 N–H and O–H groups in total. The van der Waals surface area contributed by atoms with Crippen LogP contribution in [0, 0.1) is 18.6 Å². The highest BCUT2D eigenvalue weighted by atomic mass is 19.1. The predicted octanol–water partition coefficient (Wildman–Crippen LogP) is 4.81. The van der Waals surface area contributed by atoms with Crippen LogP contribution in [0.1, 0.15) is 47.3 Å². The molecule has 204 valence electrons. The molecule has 2 aromatic carbocycles. The minimum Gasteiger partial charge on any atom is -0.486 e. The zero-order valence-electron chi connectivity index (χ0n) is 22.4. The fourth-order valence-electron chi connectivity index (χ4n) is 4.73. The van der Waals surface area contributed by atoms with Gasteiger partial charge in [0.1, 0.15) is 30.3 Å².